The van der Waals surface area contributed by atoms with E-state index < -0.39 is 5.54 Å². The molecule has 0 saturated carbocycles. The summed E-state index contributed by atoms with van der Waals surface area (Å²) in [4.78, 5) is 14.5. The lowest BCUT2D eigenvalue weighted by atomic mass is 9.87. The fourth-order valence-corrected chi connectivity index (χ4v) is 2.64. The van der Waals surface area contributed by atoms with Crippen LogP contribution in [0.1, 0.15) is 19.8 Å². The summed E-state index contributed by atoms with van der Waals surface area (Å²) in [5.74, 6) is -0.541. The molecule has 0 amide bonds. The van der Waals surface area contributed by atoms with Gasteiger partial charge in [-0.05, 0) is 43.7 Å². The minimum absolute atomic E-state index is 0.252. The van der Waals surface area contributed by atoms with Gasteiger partial charge in [-0.1, -0.05) is 6.92 Å². The third kappa shape index (κ3) is 3.10. The minimum Gasteiger partial charge on any atom is -0.467 e. The Morgan fingerprint density at radius 1 is 1.35 bits per heavy atom. The molecule has 1 aromatic carbocycles. The van der Waals surface area contributed by atoms with Crippen molar-refractivity contribution in [3.05, 3.63) is 30.1 Å². The van der Waals surface area contributed by atoms with E-state index in [1.807, 2.05) is 0 Å². The van der Waals surface area contributed by atoms with E-state index in [0.717, 1.165) is 25.3 Å². The molecule has 1 saturated heterocycles. The number of carbonyl (C=O) groups is 1. The summed E-state index contributed by atoms with van der Waals surface area (Å²) in [5.41, 5.74) is 0.0277. The Morgan fingerprint density at radius 3 is 2.45 bits per heavy atom. The van der Waals surface area contributed by atoms with Crippen molar-refractivity contribution in [3.8, 4) is 0 Å². The van der Waals surface area contributed by atoms with Crippen molar-refractivity contribution >= 4 is 11.7 Å². The lowest BCUT2D eigenvalue weighted by Gasteiger charge is -2.40. The number of benzene rings is 1. The number of methoxy groups -OCH3 is 1. The first kappa shape index (κ1) is 14.8. The first-order valence-electron chi connectivity index (χ1n) is 6.94. The highest BCUT2D eigenvalue weighted by Crippen LogP contribution is 2.28. The Morgan fingerprint density at radius 2 is 1.95 bits per heavy atom. The minimum atomic E-state index is -0.710. The molecule has 1 fully saturated rings. The number of halogens is 1. The van der Waals surface area contributed by atoms with Crippen molar-refractivity contribution < 1.29 is 13.9 Å². The average Bonchev–Trinajstić information content (AvgIpc) is 2.49. The van der Waals surface area contributed by atoms with Crippen molar-refractivity contribution in [2.75, 3.05) is 32.1 Å². The summed E-state index contributed by atoms with van der Waals surface area (Å²) in [5, 5.41) is 3.25. The molecule has 0 aliphatic carbocycles. The molecular formula is C15H21FN2O2. The van der Waals surface area contributed by atoms with Crippen LogP contribution in [-0.2, 0) is 9.53 Å². The largest absolute Gasteiger partial charge is 0.467 e. The van der Waals surface area contributed by atoms with Crippen LogP contribution >= 0.6 is 0 Å². The molecule has 1 aromatic rings. The van der Waals surface area contributed by atoms with Crippen molar-refractivity contribution in [1.82, 2.24) is 4.90 Å². The van der Waals surface area contributed by atoms with E-state index >= 15 is 0 Å². The molecule has 110 valence electrons. The van der Waals surface area contributed by atoms with Gasteiger partial charge in [0.1, 0.15) is 11.4 Å². The molecule has 1 N–H and O–H groups in total. The molecule has 0 radical (unpaired) electrons. The molecule has 20 heavy (non-hydrogen) atoms. The summed E-state index contributed by atoms with van der Waals surface area (Å²) in [6.07, 6.45) is 1.37. The zero-order chi connectivity index (χ0) is 14.6. The van der Waals surface area contributed by atoms with Crippen molar-refractivity contribution in [2.45, 2.75) is 25.3 Å². The molecule has 0 atom stereocenters. The maximum atomic E-state index is 13.0. The standard InChI is InChI=1S/C15H21FN2O2/c1-3-18-10-8-15(9-11-18,14(19)20-2)17-13-6-4-12(16)5-7-13/h4-7,17H,3,8-11H2,1-2H3. The summed E-state index contributed by atoms with van der Waals surface area (Å²) >= 11 is 0. The van der Waals surface area contributed by atoms with Gasteiger partial charge in [-0.2, -0.15) is 0 Å². The van der Waals surface area contributed by atoms with Gasteiger partial charge in [-0.15, -0.1) is 0 Å². The number of likely N-dealkylation sites (tertiary alicyclic amines) is 1. The highest BCUT2D eigenvalue weighted by Gasteiger charge is 2.42. The fraction of sp³-hybridized carbons (Fsp3) is 0.533. The Balaban J connectivity index is 2.16. The van der Waals surface area contributed by atoms with Gasteiger partial charge in [0.15, 0.2) is 0 Å². The number of carbonyl (C=O) groups excluding carboxylic acids is 1. The molecule has 5 heteroatoms. The van der Waals surface area contributed by atoms with Gasteiger partial charge in [0.05, 0.1) is 7.11 Å². The van der Waals surface area contributed by atoms with Gasteiger partial charge < -0.3 is 15.0 Å². The maximum Gasteiger partial charge on any atom is 0.331 e. The predicted molar refractivity (Wildman–Crippen MR) is 76.1 cm³/mol. The molecule has 4 nitrogen and oxygen atoms in total. The van der Waals surface area contributed by atoms with Crippen molar-refractivity contribution in [1.29, 1.82) is 0 Å². The fourth-order valence-electron chi connectivity index (χ4n) is 2.64. The molecule has 1 aliphatic heterocycles. The smallest absolute Gasteiger partial charge is 0.331 e. The molecule has 2 rings (SSSR count). The average molecular weight is 280 g/mol. The molecular weight excluding hydrogens is 259 g/mol. The quantitative estimate of drug-likeness (QED) is 0.859. The Kier molecular flexibility index (Phi) is 4.60. The monoisotopic (exact) mass is 280 g/mol. The second-order valence-electron chi connectivity index (χ2n) is 5.14. The Bertz CT molecular complexity index is 453. The van der Waals surface area contributed by atoms with Gasteiger partial charge in [-0.25, -0.2) is 9.18 Å². The highest BCUT2D eigenvalue weighted by atomic mass is 19.1. The number of nitrogens with one attached hydrogen (secondary N) is 1. The number of hydrogen-bond donors (Lipinski definition) is 1. The first-order valence-corrected chi connectivity index (χ1v) is 6.94. The van der Waals surface area contributed by atoms with E-state index in [2.05, 4.69) is 17.1 Å². The van der Waals surface area contributed by atoms with Crippen LogP contribution in [0.3, 0.4) is 0 Å². The molecule has 1 heterocycles. The number of rotatable bonds is 4. The maximum absolute atomic E-state index is 13.0. The molecule has 0 aromatic heterocycles. The van der Waals surface area contributed by atoms with E-state index in [0.29, 0.717) is 12.8 Å². The number of piperidine rings is 1. The molecule has 0 unspecified atom stereocenters. The van der Waals surface area contributed by atoms with Gasteiger partial charge >= 0.3 is 5.97 Å². The van der Waals surface area contributed by atoms with E-state index in [9.17, 15) is 9.18 Å². The summed E-state index contributed by atoms with van der Waals surface area (Å²) in [6.45, 7) is 4.78. The lowest BCUT2D eigenvalue weighted by molar-refractivity contribution is -0.147. The highest BCUT2D eigenvalue weighted by molar-refractivity contribution is 5.84. The van der Waals surface area contributed by atoms with E-state index in [1.54, 1.807) is 12.1 Å². The van der Waals surface area contributed by atoms with Crippen LogP contribution in [0.2, 0.25) is 0 Å². The Labute approximate surface area is 118 Å². The van der Waals surface area contributed by atoms with Crippen LogP contribution in [0.4, 0.5) is 10.1 Å². The first-order chi connectivity index (χ1) is 9.59. The van der Waals surface area contributed by atoms with Crippen molar-refractivity contribution in [3.63, 3.8) is 0 Å². The van der Waals surface area contributed by atoms with E-state index in [1.165, 1.54) is 19.2 Å². The Hall–Kier alpha value is -1.62. The SMILES string of the molecule is CCN1CCC(Nc2ccc(F)cc2)(C(=O)OC)CC1. The number of anilines is 1. The summed E-state index contributed by atoms with van der Waals surface area (Å²) < 4.78 is 17.9. The predicted octanol–water partition coefficient (Wildman–Crippen LogP) is 2.27. The van der Waals surface area contributed by atoms with Crippen LogP contribution < -0.4 is 5.32 Å². The van der Waals surface area contributed by atoms with Crippen LogP contribution in [0.15, 0.2) is 24.3 Å². The second kappa shape index (κ2) is 6.22. The van der Waals surface area contributed by atoms with Gasteiger partial charge in [-0.3, -0.25) is 0 Å². The number of ether oxygens (including phenoxy) is 1. The van der Waals surface area contributed by atoms with Gasteiger partial charge in [0, 0.05) is 18.8 Å². The molecule has 0 bridgehead atoms. The van der Waals surface area contributed by atoms with Crippen LogP contribution in [0.25, 0.3) is 0 Å². The van der Waals surface area contributed by atoms with E-state index in [-0.39, 0.29) is 11.8 Å². The molecule has 0 spiro atoms. The normalized spacial score (nSPS) is 18.6. The van der Waals surface area contributed by atoms with E-state index in [4.69, 9.17) is 4.74 Å². The van der Waals surface area contributed by atoms with Crippen LogP contribution in [0.5, 0.6) is 0 Å². The molecule has 1 aliphatic rings. The lowest BCUT2D eigenvalue weighted by Crippen LogP contribution is -2.54. The third-order valence-electron chi connectivity index (χ3n) is 3.96. The number of nitrogens with zero attached hydrogens (tertiary/aromatic N) is 1. The van der Waals surface area contributed by atoms with Crippen LogP contribution in [-0.4, -0.2) is 43.2 Å². The van der Waals surface area contributed by atoms with Crippen molar-refractivity contribution in [2.24, 2.45) is 0 Å². The third-order valence-corrected chi connectivity index (χ3v) is 3.96. The summed E-state index contributed by atoms with van der Waals surface area (Å²) in [6, 6.07) is 6.06. The number of esters is 1. The topological polar surface area (TPSA) is 41.6 Å². The zero-order valence-corrected chi connectivity index (χ0v) is 12.0. The summed E-state index contributed by atoms with van der Waals surface area (Å²) in [7, 11) is 1.41. The van der Waals surface area contributed by atoms with Gasteiger partial charge in [0.2, 0.25) is 0 Å². The van der Waals surface area contributed by atoms with Crippen LogP contribution in [0, 0.1) is 5.82 Å². The second-order valence-corrected chi connectivity index (χ2v) is 5.14. The zero-order valence-electron chi connectivity index (χ0n) is 12.0. The van der Waals surface area contributed by atoms with Gasteiger partial charge in [0.25, 0.3) is 0 Å². The number of hydrogen-bond acceptors (Lipinski definition) is 4.